The van der Waals surface area contributed by atoms with E-state index in [1.807, 2.05) is 43.5 Å². The number of amides is 1. The molecule has 0 saturated carbocycles. The van der Waals surface area contributed by atoms with Gasteiger partial charge in [0.05, 0.1) is 23.9 Å². The van der Waals surface area contributed by atoms with E-state index in [0.29, 0.717) is 54.6 Å². The summed E-state index contributed by atoms with van der Waals surface area (Å²) in [5.74, 6) is -0.779. The maximum atomic E-state index is 13.4. The molecule has 1 N–H and O–H groups in total. The van der Waals surface area contributed by atoms with Crippen molar-refractivity contribution in [2.24, 2.45) is 0 Å². The molecule has 2 aromatic heterocycles. The van der Waals surface area contributed by atoms with Crippen LogP contribution in [-0.2, 0) is 14.3 Å². The first-order chi connectivity index (χ1) is 18.3. The number of nitrogens with zero attached hydrogens (tertiary/aromatic N) is 3. The Morgan fingerprint density at radius 3 is 2.66 bits per heavy atom. The number of aryl methyl sites for hydroxylation is 2. The monoisotopic (exact) mass is 519 g/mol. The highest BCUT2D eigenvalue weighted by molar-refractivity contribution is 6.46. The number of carbonyl (C=O) groups excluding carboxylic acids is 2. The van der Waals surface area contributed by atoms with Crippen molar-refractivity contribution in [2.45, 2.75) is 33.2 Å². The van der Waals surface area contributed by atoms with Crippen LogP contribution in [0.4, 0.5) is 0 Å². The summed E-state index contributed by atoms with van der Waals surface area (Å²) in [6.45, 7) is 10.6. The smallest absolute Gasteiger partial charge is 0.295 e. The fraction of sp³-hybridized carbons (Fsp3) is 0.345. The highest BCUT2D eigenvalue weighted by atomic mass is 16.5. The van der Waals surface area contributed by atoms with Crippen LogP contribution >= 0.6 is 0 Å². The number of aliphatic hydroxyl groups is 1. The van der Waals surface area contributed by atoms with Gasteiger partial charge in [-0.25, -0.2) is 4.98 Å². The summed E-state index contributed by atoms with van der Waals surface area (Å²) in [4.78, 5) is 32.8. The number of ketones is 1. The third-order valence-corrected chi connectivity index (χ3v) is 6.54. The molecule has 1 aliphatic rings. The van der Waals surface area contributed by atoms with Crippen LogP contribution < -0.4 is 9.47 Å². The fourth-order valence-corrected chi connectivity index (χ4v) is 4.74. The summed E-state index contributed by atoms with van der Waals surface area (Å²) in [6.07, 6.45) is 4.00. The molecule has 0 spiro atoms. The topological polar surface area (TPSA) is 103 Å². The zero-order valence-electron chi connectivity index (χ0n) is 22.2. The van der Waals surface area contributed by atoms with Gasteiger partial charge in [-0.05, 0) is 56.5 Å². The van der Waals surface area contributed by atoms with Gasteiger partial charge in [-0.15, -0.1) is 0 Å². The number of aliphatic hydroxyl groups excluding tert-OH is 1. The number of imidazole rings is 1. The molecule has 0 radical (unpaired) electrons. The number of pyridine rings is 1. The second-order valence-electron chi connectivity index (χ2n) is 9.01. The van der Waals surface area contributed by atoms with Crippen molar-refractivity contribution in [3.8, 4) is 11.5 Å². The summed E-state index contributed by atoms with van der Waals surface area (Å²) in [5.41, 5.74) is 3.10. The number of ether oxygens (including phenoxy) is 3. The van der Waals surface area contributed by atoms with E-state index >= 15 is 0 Å². The third-order valence-electron chi connectivity index (χ3n) is 6.54. The molecule has 1 atom stereocenters. The second-order valence-corrected chi connectivity index (χ2v) is 9.01. The lowest BCUT2D eigenvalue weighted by Crippen LogP contribution is -2.31. The molecular formula is C29H33N3O6. The van der Waals surface area contributed by atoms with Gasteiger partial charge in [0.1, 0.15) is 17.9 Å². The standard InChI is InChI=1S/C29H33N3O6/c1-6-15-38-21-12-11-20(17-22(21)37-7-2)25-23(27(34)29(35)32(25)14-9-16-36-5)26(33)24-19(4)31-13-8-10-18(3)28(31)30-24/h6,8,10-13,17,25,33H,1,7,9,14-16H2,2-5H3. The Labute approximate surface area is 221 Å². The van der Waals surface area contributed by atoms with Crippen molar-refractivity contribution in [1.82, 2.24) is 14.3 Å². The zero-order chi connectivity index (χ0) is 27.4. The first kappa shape index (κ1) is 26.9. The van der Waals surface area contributed by atoms with Crippen LogP contribution in [0.5, 0.6) is 11.5 Å². The number of rotatable bonds is 11. The third kappa shape index (κ3) is 4.89. The molecule has 1 unspecified atom stereocenters. The van der Waals surface area contributed by atoms with E-state index in [2.05, 4.69) is 11.6 Å². The van der Waals surface area contributed by atoms with Gasteiger partial charge in [-0.2, -0.15) is 0 Å². The van der Waals surface area contributed by atoms with E-state index in [1.54, 1.807) is 31.4 Å². The van der Waals surface area contributed by atoms with Crippen LogP contribution in [0, 0.1) is 13.8 Å². The van der Waals surface area contributed by atoms with Gasteiger partial charge < -0.3 is 28.6 Å². The van der Waals surface area contributed by atoms with E-state index in [4.69, 9.17) is 14.2 Å². The van der Waals surface area contributed by atoms with Crippen molar-refractivity contribution in [2.75, 3.05) is 33.5 Å². The SMILES string of the molecule is C=CCOc1ccc(C2C(=C(O)c3nc4c(C)cccn4c3C)C(=O)C(=O)N2CCCOC)cc1OCC. The number of likely N-dealkylation sites (tertiary alicyclic amines) is 1. The largest absolute Gasteiger partial charge is 0.505 e. The minimum atomic E-state index is -0.843. The molecule has 1 fully saturated rings. The molecule has 0 aliphatic carbocycles. The van der Waals surface area contributed by atoms with Gasteiger partial charge in [0, 0.05) is 26.5 Å². The van der Waals surface area contributed by atoms with E-state index in [0.717, 1.165) is 5.56 Å². The predicted molar refractivity (Wildman–Crippen MR) is 143 cm³/mol. The Kier molecular flexibility index (Phi) is 8.16. The van der Waals surface area contributed by atoms with Crippen molar-refractivity contribution >= 4 is 23.1 Å². The maximum Gasteiger partial charge on any atom is 0.295 e. The fourth-order valence-electron chi connectivity index (χ4n) is 4.74. The first-order valence-corrected chi connectivity index (χ1v) is 12.6. The number of aromatic nitrogens is 2. The molecule has 1 aromatic carbocycles. The maximum absolute atomic E-state index is 13.4. The molecule has 9 heteroatoms. The number of hydrogen-bond donors (Lipinski definition) is 1. The Morgan fingerprint density at radius 1 is 1.18 bits per heavy atom. The van der Waals surface area contributed by atoms with Crippen LogP contribution in [0.25, 0.3) is 11.4 Å². The number of fused-ring (bicyclic) bond motifs is 1. The minimum absolute atomic E-state index is 0.0150. The summed E-state index contributed by atoms with van der Waals surface area (Å²) in [5, 5.41) is 11.6. The van der Waals surface area contributed by atoms with Gasteiger partial charge in [0.2, 0.25) is 0 Å². The predicted octanol–water partition coefficient (Wildman–Crippen LogP) is 4.37. The van der Waals surface area contributed by atoms with E-state index in [1.165, 1.54) is 4.90 Å². The van der Waals surface area contributed by atoms with Crippen LogP contribution in [0.15, 0.2) is 54.8 Å². The van der Waals surface area contributed by atoms with E-state index in [-0.39, 0.29) is 23.6 Å². The Morgan fingerprint density at radius 2 is 1.97 bits per heavy atom. The molecule has 1 amide bonds. The summed E-state index contributed by atoms with van der Waals surface area (Å²) in [6, 6.07) is 8.22. The number of methoxy groups -OCH3 is 1. The first-order valence-electron chi connectivity index (χ1n) is 12.6. The highest BCUT2D eigenvalue weighted by Crippen LogP contribution is 2.42. The number of benzene rings is 1. The Bertz CT molecular complexity index is 1410. The number of Topliss-reactive ketones (excluding diaryl/α,β-unsaturated/α-hetero) is 1. The summed E-state index contributed by atoms with van der Waals surface area (Å²) < 4.78 is 18.6. The average molecular weight is 520 g/mol. The minimum Gasteiger partial charge on any atom is -0.505 e. The Hall–Kier alpha value is -4.11. The van der Waals surface area contributed by atoms with Gasteiger partial charge in [0.15, 0.2) is 17.3 Å². The second kappa shape index (κ2) is 11.5. The lowest BCUT2D eigenvalue weighted by molar-refractivity contribution is -0.140. The molecule has 1 saturated heterocycles. The summed E-state index contributed by atoms with van der Waals surface area (Å²) in [7, 11) is 1.58. The molecule has 38 heavy (non-hydrogen) atoms. The molecule has 0 bridgehead atoms. The quantitative estimate of drug-likeness (QED) is 0.132. The molecular weight excluding hydrogens is 486 g/mol. The molecule has 1 aliphatic heterocycles. The Balaban J connectivity index is 1.89. The van der Waals surface area contributed by atoms with Crippen LogP contribution in [0.3, 0.4) is 0 Å². The van der Waals surface area contributed by atoms with Gasteiger partial charge in [-0.1, -0.05) is 24.8 Å². The lowest BCUT2D eigenvalue weighted by atomic mass is 9.96. The highest BCUT2D eigenvalue weighted by Gasteiger charge is 2.46. The number of hydrogen-bond acceptors (Lipinski definition) is 7. The molecule has 3 aromatic rings. The van der Waals surface area contributed by atoms with Crippen molar-refractivity contribution in [3.05, 3.63) is 77.3 Å². The normalized spacial score (nSPS) is 16.8. The van der Waals surface area contributed by atoms with Gasteiger partial charge in [-0.3, -0.25) is 9.59 Å². The lowest BCUT2D eigenvalue weighted by Gasteiger charge is -2.26. The number of carbonyl (C=O) groups is 2. The van der Waals surface area contributed by atoms with Crippen molar-refractivity contribution in [3.63, 3.8) is 0 Å². The van der Waals surface area contributed by atoms with Crippen LogP contribution in [-0.4, -0.2) is 64.6 Å². The van der Waals surface area contributed by atoms with Crippen molar-refractivity contribution < 1.29 is 28.9 Å². The molecule has 4 rings (SSSR count). The van der Waals surface area contributed by atoms with Gasteiger partial charge >= 0.3 is 0 Å². The van der Waals surface area contributed by atoms with Gasteiger partial charge in [0.25, 0.3) is 11.7 Å². The van der Waals surface area contributed by atoms with E-state index < -0.39 is 17.7 Å². The average Bonchev–Trinajstić information content (AvgIpc) is 3.38. The summed E-state index contributed by atoms with van der Waals surface area (Å²) >= 11 is 0. The molecule has 200 valence electrons. The zero-order valence-corrected chi connectivity index (χ0v) is 22.2. The molecule has 9 nitrogen and oxygen atoms in total. The molecule has 3 heterocycles. The van der Waals surface area contributed by atoms with Crippen LogP contribution in [0.1, 0.15) is 41.9 Å². The van der Waals surface area contributed by atoms with E-state index in [9.17, 15) is 14.7 Å². The van der Waals surface area contributed by atoms with Crippen molar-refractivity contribution in [1.29, 1.82) is 0 Å². The van der Waals surface area contributed by atoms with Crippen LogP contribution in [0.2, 0.25) is 0 Å².